The average Bonchev–Trinajstić information content (AvgIpc) is 2.57. The average molecular weight is 487 g/mol. The van der Waals surface area contributed by atoms with Crippen molar-refractivity contribution in [3.8, 4) is 0 Å². The molecule has 0 saturated heterocycles. The highest BCUT2D eigenvalue weighted by atomic mass is 35.5. The van der Waals surface area contributed by atoms with Crippen molar-refractivity contribution in [2.75, 3.05) is 10.1 Å². The Balaban J connectivity index is 2.49. The SMILES string of the molecule is CC(CCCS(=O)(=O)O)N(c1cc(Cl)ccc1Cl)S(=O)(=O)c1ccc(Cl)cc1. The molecule has 2 aromatic carbocycles. The first kappa shape index (κ1) is 23.3. The monoisotopic (exact) mass is 485 g/mol. The van der Waals surface area contributed by atoms with Gasteiger partial charge in [-0.3, -0.25) is 8.86 Å². The zero-order valence-corrected chi connectivity index (χ0v) is 18.6. The molecule has 0 bridgehead atoms. The van der Waals surface area contributed by atoms with Crippen LogP contribution in [0.1, 0.15) is 19.8 Å². The number of anilines is 1. The molecule has 0 aliphatic heterocycles. The Morgan fingerprint density at radius 3 is 2.11 bits per heavy atom. The fraction of sp³-hybridized carbons (Fsp3) is 0.294. The predicted octanol–water partition coefficient (Wildman–Crippen LogP) is 4.90. The van der Waals surface area contributed by atoms with Crippen LogP contribution in [0.4, 0.5) is 5.69 Å². The lowest BCUT2D eigenvalue weighted by Crippen LogP contribution is -2.39. The van der Waals surface area contributed by atoms with Crippen molar-refractivity contribution in [2.45, 2.75) is 30.7 Å². The van der Waals surface area contributed by atoms with Gasteiger partial charge in [-0.25, -0.2) is 8.42 Å². The van der Waals surface area contributed by atoms with Gasteiger partial charge in [-0.05, 0) is 62.2 Å². The Bertz CT molecular complexity index is 1040. The third-order valence-electron chi connectivity index (χ3n) is 3.94. The van der Waals surface area contributed by atoms with E-state index in [-0.39, 0.29) is 28.4 Å². The third kappa shape index (κ3) is 5.98. The van der Waals surface area contributed by atoms with Gasteiger partial charge in [0.05, 0.1) is 21.4 Å². The molecule has 0 aliphatic rings. The summed E-state index contributed by atoms with van der Waals surface area (Å²) < 4.78 is 58.6. The first-order valence-electron chi connectivity index (χ1n) is 8.12. The lowest BCUT2D eigenvalue weighted by atomic mass is 10.2. The highest BCUT2D eigenvalue weighted by Gasteiger charge is 2.31. The topological polar surface area (TPSA) is 91.8 Å². The number of hydrogen-bond acceptors (Lipinski definition) is 4. The summed E-state index contributed by atoms with van der Waals surface area (Å²) in [5, 5.41) is 0.844. The smallest absolute Gasteiger partial charge is 0.264 e. The quantitative estimate of drug-likeness (QED) is 0.536. The molecule has 11 heteroatoms. The molecular formula is C17H18Cl3NO5S2. The lowest BCUT2D eigenvalue weighted by Gasteiger charge is -2.31. The second-order valence-electron chi connectivity index (χ2n) is 6.13. The van der Waals surface area contributed by atoms with E-state index in [1.165, 1.54) is 42.5 Å². The first-order valence-corrected chi connectivity index (χ1v) is 12.3. The molecule has 1 atom stereocenters. The lowest BCUT2D eigenvalue weighted by molar-refractivity contribution is 0.478. The zero-order valence-electron chi connectivity index (χ0n) is 14.7. The molecule has 2 aromatic rings. The van der Waals surface area contributed by atoms with Crippen molar-refractivity contribution in [1.29, 1.82) is 0 Å². The normalized spacial score (nSPS) is 13.3. The standard InChI is InChI=1S/C17H18Cl3NO5S2/c1-12(3-2-10-27(22,23)24)21(17-11-14(19)6-9-16(17)20)28(25,26)15-7-4-13(18)5-8-15/h4-9,11-12H,2-3,10H2,1H3,(H,22,23,24). The summed E-state index contributed by atoms with van der Waals surface area (Å²) in [6, 6.07) is 9.42. The fourth-order valence-corrected chi connectivity index (χ4v) is 5.44. The Morgan fingerprint density at radius 1 is 0.964 bits per heavy atom. The number of nitrogens with zero attached hydrogens (tertiary/aromatic N) is 1. The van der Waals surface area contributed by atoms with E-state index in [2.05, 4.69) is 0 Å². The van der Waals surface area contributed by atoms with Crippen LogP contribution in [0, 0.1) is 0 Å². The summed E-state index contributed by atoms with van der Waals surface area (Å²) in [4.78, 5) is -0.00503. The molecule has 1 unspecified atom stereocenters. The number of benzene rings is 2. The van der Waals surface area contributed by atoms with Gasteiger partial charge in [0.2, 0.25) is 0 Å². The highest BCUT2D eigenvalue weighted by molar-refractivity contribution is 7.92. The molecule has 0 spiro atoms. The van der Waals surface area contributed by atoms with E-state index < -0.39 is 31.9 Å². The summed E-state index contributed by atoms with van der Waals surface area (Å²) in [5.74, 6) is -0.477. The van der Waals surface area contributed by atoms with Crippen molar-refractivity contribution in [1.82, 2.24) is 0 Å². The van der Waals surface area contributed by atoms with E-state index in [4.69, 9.17) is 39.4 Å². The van der Waals surface area contributed by atoms with Crippen LogP contribution in [-0.4, -0.2) is 33.2 Å². The van der Waals surface area contributed by atoms with Crippen molar-refractivity contribution in [2.24, 2.45) is 0 Å². The molecule has 2 rings (SSSR count). The highest BCUT2D eigenvalue weighted by Crippen LogP contribution is 2.35. The molecule has 0 amide bonds. The van der Waals surface area contributed by atoms with E-state index in [0.717, 1.165) is 4.31 Å². The van der Waals surface area contributed by atoms with E-state index in [1.54, 1.807) is 6.92 Å². The number of halogens is 3. The molecule has 1 N–H and O–H groups in total. The molecule has 0 aromatic heterocycles. The van der Waals surface area contributed by atoms with Crippen LogP contribution in [-0.2, 0) is 20.1 Å². The maximum absolute atomic E-state index is 13.3. The van der Waals surface area contributed by atoms with Gasteiger partial charge in [-0.2, -0.15) is 8.42 Å². The third-order valence-corrected chi connectivity index (χ3v) is 7.49. The number of hydrogen-bond donors (Lipinski definition) is 1. The maximum Gasteiger partial charge on any atom is 0.264 e. The van der Waals surface area contributed by atoms with Gasteiger partial charge in [0.1, 0.15) is 0 Å². The van der Waals surface area contributed by atoms with Crippen LogP contribution in [0.3, 0.4) is 0 Å². The van der Waals surface area contributed by atoms with Crippen molar-refractivity contribution in [3.63, 3.8) is 0 Å². The Kier molecular flexibility index (Phi) is 7.63. The van der Waals surface area contributed by atoms with Crippen LogP contribution in [0.5, 0.6) is 0 Å². The predicted molar refractivity (Wildman–Crippen MR) is 113 cm³/mol. The van der Waals surface area contributed by atoms with E-state index in [1.807, 2.05) is 0 Å². The molecule has 0 saturated carbocycles. The summed E-state index contributed by atoms with van der Waals surface area (Å²) >= 11 is 18.1. The molecule has 0 fully saturated rings. The minimum absolute atomic E-state index is 0.00503. The minimum atomic E-state index is -4.15. The van der Waals surface area contributed by atoms with E-state index in [9.17, 15) is 16.8 Å². The van der Waals surface area contributed by atoms with Crippen molar-refractivity contribution < 1.29 is 21.4 Å². The number of sulfonamides is 1. The Labute approximate surface area is 179 Å². The maximum atomic E-state index is 13.3. The van der Waals surface area contributed by atoms with Gasteiger partial charge in [0.15, 0.2) is 0 Å². The summed E-state index contributed by atoms with van der Waals surface area (Å²) in [7, 11) is -8.20. The molecule has 0 heterocycles. The summed E-state index contributed by atoms with van der Waals surface area (Å²) in [6.07, 6.45) is 0.222. The molecule has 0 radical (unpaired) electrons. The van der Waals surface area contributed by atoms with Gasteiger partial charge in [-0.15, -0.1) is 0 Å². The van der Waals surface area contributed by atoms with Gasteiger partial charge >= 0.3 is 0 Å². The molecule has 154 valence electrons. The van der Waals surface area contributed by atoms with Crippen molar-refractivity contribution >= 4 is 60.6 Å². The molecule has 0 aliphatic carbocycles. The number of rotatable bonds is 8. The van der Waals surface area contributed by atoms with E-state index >= 15 is 0 Å². The van der Waals surface area contributed by atoms with Gasteiger partial charge < -0.3 is 0 Å². The van der Waals surface area contributed by atoms with Crippen molar-refractivity contribution in [3.05, 3.63) is 57.5 Å². The Morgan fingerprint density at radius 2 is 1.54 bits per heavy atom. The molecule has 28 heavy (non-hydrogen) atoms. The largest absolute Gasteiger partial charge is 0.286 e. The summed E-state index contributed by atoms with van der Waals surface area (Å²) in [5.41, 5.74) is 0.170. The van der Waals surface area contributed by atoms with Crippen LogP contribution >= 0.6 is 34.8 Å². The Hall–Kier alpha value is -1.03. The van der Waals surface area contributed by atoms with E-state index in [0.29, 0.717) is 10.0 Å². The van der Waals surface area contributed by atoms with Crippen LogP contribution in [0.15, 0.2) is 47.4 Å². The molecule has 6 nitrogen and oxygen atoms in total. The zero-order chi connectivity index (χ0) is 21.1. The second-order valence-corrected chi connectivity index (χ2v) is 10.8. The van der Waals surface area contributed by atoms with Gasteiger partial charge in [0, 0.05) is 16.1 Å². The van der Waals surface area contributed by atoms with Gasteiger partial charge in [-0.1, -0.05) is 34.8 Å². The first-order chi connectivity index (χ1) is 12.9. The molecular weight excluding hydrogens is 469 g/mol. The fourth-order valence-electron chi connectivity index (χ4n) is 2.66. The van der Waals surface area contributed by atoms with Gasteiger partial charge in [0.25, 0.3) is 20.1 Å². The second kappa shape index (κ2) is 9.19. The minimum Gasteiger partial charge on any atom is -0.286 e. The summed E-state index contributed by atoms with van der Waals surface area (Å²) in [6.45, 7) is 1.62. The van der Waals surface area contributed by atoms with Crippen LogP contribution in [0.2, 0.25) is 15.1 Å². The van der Waals surface area contributed by atoms with Crippen LogP contribution < -0.4 is 4.31 Å². The van der Waals surface area contributed by atoms with Crippen LogP contribution in [0.25, 0.3) is 0 Å².